The first kappa shape index (κ1) is 16.5. The summed E-state index contributed by atoms with van der Waals surface area (Å²) in [6, 6.07) is 33.7. The average molecular weight is 395 g/mol. The molecule has 4 aromatic carbocycles. The Bertz CT molecular complexity index is 1740. The Balaban J connectivity index is 1.71. The first-order valence-corrected chi connectivity index (χ1v) is 10.4. The molecule has 0 unspecified atom stereocenters. The number of hydrogen-bond acceptors (Lipinski definition) is 2. The summed E-state index contributed by atoms with van der Waals surface area (Å²) in [4.78, 5) is 10.1. The van der Waals surface area contributed by atoms with E-state index in [9.17, 15) is 0 Å². The lowest BCUT2D eigenvalue weighted by molar-refractivity contribution is 1.06. The molecule has 1 aromatic heterocycles. The molecule has 0 bridgehead atoms. The van der Waals surface area contributed by atoms with Crippen molar-refractivity contribution in [2.75, 3.05) is 0 Å². The van der Waals surface area contributed by atoms with Crippen LogP contribution in [0.5, 0.6) is 0 Å². The number of nitrogens with zero attached hydrogens (tertiary/aromatic N) is 3. The predicted molar refractivity (Wildman–Crippen MR) is 128 cm³/mol. The Morgan fingerprint density at radius 3 is 1.87 bits per heavy atom. The van der Waals surface area contributed by atoms with Crippen LogP contribution >= 0.6 is 0 Å². The fourth-order valence-corrected chi connectivity index (χ4v) is 4.77. The molecule has 0 N–H and O–H groups in total. The van der Waals surface area contributed by atoms with Crippen molar-refractivity contribution < 1.29 is 0 Å². The van der Waals surface area contributed by atoms with Crippen LogP contribution in [0.15, 0.2) is 103 Å². The summed E-state index contributed by atoms with van der Waals surface area (Å²) in [5.74, 6) is 0.942. The highest BCUT2D eigenvalue weighted by Crippen LogP contribution is 2.38. The summed E-state index contributed by atoms with van der Waals surface area (Å²) in [6.07, 6.45) is 2.20. The summed E-state index contributed by atoms with van der Waals surface area (Å²) < 4.78 is 2.24. The molecule has 0 spiro atoms. The molecule has 5 aromatic rings. The lowest BCUT2D eigenvalue weighted by Crippen LogP contribution is -2.03. The topological polar surface area (TPSA) is 30.7 Å². The monoisotopic (exact) mass is 395 g/mol. The average Bonchev–Trinajstić information content (AvgIpc) is 3.22. The molecule has 2 aliphatic heterocycles. The van der Waals surface area contributed by atoms with Crippen LogP contribution in [0.4, 0.5) is 0 Å². The number of rotatable bonds is 1. The lowest BCUT2D eigenvalue weighted by Gasteiger charge is -2.17. The van der Waals surface area contributed by atoms with Crippen molar-refractivity contribution in [3.05, 3.63) is 103 Å². The van der Waals surface area contributed by atoms with Gasteiger partial charge < -0.3 is 0 Å². The van der Waals surface area contributed by atoms with Crippen LogP contribution in [0.1, 0.15) is 0 Å². The molecule has 7 rings (SSSR count). The van der Waals surface area contributed by atoms with Crippen LogP contribution in [-0.4, -0.2) is 14.5 Å². The third-order valence-electron chi connectivity index (χ3n) is 6.18. The maximum atomic E-state index is 5.14. The van der Waals surface area contributed by atoms with Gasteiger partial charge in [0, 0.05) is 33.3 Å². The second kappa shape index (κ2) is 6.13. The summed E-state index contributed by atoms with van der Waals surface area (Å²) in [7, 11) is 0. The molecular formula is C28H17N3. The third kappa shape index (κ3) is 2.29. The highest BCUT2D eigenvalue weighted by atomic mass is 15.1. The van der Waals surface area contributed by atoms with Crippen LogP contribution in [0.2, 0.25) is 0 Å². The summed E-state index contributed by atoms with van der Waals surface area (Å²) >= 11 is 0. The van der Waals surface area contributed by atoms with Gasteiger partial charge in [-0.05, 0) is 23.6 Å². The molecule has 2 aliphatic rings. The number of hydrogen-bond donors (Lipinski definition) is 0. The van der Waals surface area contributed by atoms with Gasteiger partial charge in [0.25, 0.3) is 0 Å². The zero-order valence-corrected chi connectivity index (χ0v) is 16.7. The van der Waals surface area contributed by atoms with E-state index in [0.29, 0.717) is 0 Å². The van der Waals surface area contributed by atoms with Crippen LogP contribution in [0, 0.1) is 0 Å². The number of benzene rings is 4. The molecule has 0 saturated carbocycles. The zero-order chi connectivity index (χ0) is 20.4. The molecule has 3 heterocycles. The number of aromatic nitrogens is 3. The van der Waals surface area contributed by atoms with E-state index >= 15 is 0 Å². The van der Waals surface area contributed by atoms with E-state index in [1.807, 2.05) is 6.07 Å². The second-order valence-corrected chi connectivity index (χ2v) is 7.91. The summed E-state index contributed by atoms with van der Waals surface area (Å²) in [5, 5.41) is 5.83. The van der Waals surface area contributed by atoms with Crippen molar-refractivity contribution in [1.29, 1.82) is 0 Å². The van der Waals surface area contributed by atoms with E-state index in [2.05, 4.69) is 102 Å². The Morgan fingerprint density at radius 2 is 1.06 bits per heavy atom. The smallest absolute Gasteiger partial charge is 0.145 e. The van der Waals surface area contributed by atoms with Gasteiger partial charge >= 0.3 is 0 Å². The Kier molecular flexibility index (Phi) is 3.27. The van der Waals surface area contributed by atoms with Crippen molar-refractivity contribution in [3.63, 3.8) is 0 Å². The van der Waals surface area contributed by atoms with E-state index < -0.39 is 0 Å². The highest BCUT2D eigenvalue weighted by Gasteiger charge is 2.19. The largest absolute Gasteiger partial charge is 0.300 e. The maximum Gasteiger partial charge on any atom is 0.145 e. The number of fused-ring (bicyclic) bond motifs is 8. The SMILES string of the molecule is c1ccc2c3cn(-c4nc5ccccc5c5ccccc45)c4ccccc4c-3nc2c1. The molecule has 0 atom stereocenters. The van der Waals surface area contributed by atoms with Crippen LogP contribution in [-0.2, 0) is 0 Å². The zero-order valence-electron chi connectivity index (χ0n) is 16.7. The molecule has 0 aliphatic carbocycles. The minimum Gasteiger partial charge on any atom is -0.300 e. The van der Waals surface area contributed by atoms with Gasteiger partial charge in [0.2, 0.25) is 0 Å². The quantitative estimate of drug-likeness (QED) is 0.281. The molecule has 3 heteroatoms. The molecular weight excluding hydrogens is 378 g/mol. The molecule has 3 nitrogen and oxygen atoms in total. The fraction of sp³-hybridized carbons (Fsp3) is 0. The van der Waals surface area contributed by atoms with Gasteiger partial charge in [-0.15, -0.1) is 0 Å². The Morgan fingerprint density at radius 1 is 0.484 bits per heavy atom. The van der Waals surface area contributed by atoms with Gasteiger partial charge in [-0.25, -0.2) is 9.97 Å². The third-order valence-corrected chi connectivity index (χ3v) is 6.18. The van der Waals surface area contributed by atoms with E-state index in [4.69, 9.17) is 9.97 Å². The first-order valence-electron chi connectivity index (χ1n) is 10.4. The van der Waals surface area contributed by atoms with Crippen LogP contribution < -0.4 is 0 Å². The number of pyridine rings is 2. The normalized spacial score (nSPS) is 11.9. The van der Waals surface area contributed by atoms with Crippen molar-refractivity contribution in [2.24, 2.45) is 0 Å². The molecule has 0 radical (unpaired) electrons. The lowest BCUT2D eigenvalue weighted by atomic mass is 10.0. The van der Waals surface area contributed by atoms with Crippen LogP contribution in [0.25, 0.3) is 60.6 Å². The maximum absolute atomic E-state index is 5.14. The molecule has 0 fully saturated rings. The Hall–Kier alpha value is -4.24. The van der Waals surface area contributed by atoms with Crippen molar-refractivity contribution in [1.82, 2.24) is 14.5 Å². The van der Waals surface area contributed by atoms with Gasteiger partial charge in [-0.3, -0.25) is 4.57 Å². The summed E-state index contributed by atoms with van der Waals surface area (Å²) in [5.41, 5.74) is 5.31. The number of para-hydroxylation sites is 3. The van der Waals surface area contributed by atoms with Gasteiger partial charge in [0.05, 0.1) is 22.2 Å². The first-order chi connectivity index (χ1) is 15.4. The minimum atomic E-state index is 0.942. The standard InChI is InChI=1S/C28H17N3/c1-2-12-21-18(9-1)19-10-3-7-15-25(19)30-28(21)31-17-23-20-11-4-6-14-24(20)29-27(23)22-13-5-8-16-26(22)31/h1-17H. The van der Waals surface area contributed by atoms with Gasteiger partial charge in [0.1, 0.15) is 5.82 Å². The molecule has 0 saturated heterocycles. The minimum absolute atomic E-state index is 0.942. The molecule has 31 heavy (non-hydrogen) atoms. The van der Waals surface area contributed by atoms with Crippen molar-refractivity contribution >= 4 is 43.5 Å². The van der Waals surface area contributed by atoms with Crippen molar-refractivity contribution in [2.45, 2.75) is 0 Å². The van der Waals surface area contributed by atoms with Gasteiger partial charge in [-0.2, -0.15) is 0 Å². The Labute approximate surface area is 178 Å². The second-order valence-electron chi connectivity index (χ2n) is 7.91. The van der Waals surface area contributed by atoms with Gasteiger partial charge in [-0.1, -0.05) is 78.9 Å². The van der Waals surface area contributed by atoms with Crippen LogP contribution in [0.3, 0.4) is 0 Å². The predicted octanol–water partition coefficient (Wildman–Crippen LogP) is 6.98. The van der Waals surface area contributed by atoms with E-state index in [-0.39, 0.29) is 0 Å². The highest BCUT2D eigenvalue weighted by molar-refractivity contribution is 6.10. The summed E-state index contributed by atoms with van der Waals surface area (Å²) in [6.45, 7) is 0. The van der Waals surface area contributed by atoms with Gasteiger partial charge in [0.15, 0.2) is 0 Å². The van der Waals surface area contributed by atoms with E-state index in [0.717, 1.165) is 44.4 Å². The van der Waals surface area contributed by atoms with Crippen molar-refractivity contribution in [3.8, 4) is 17.1 Å². The van der Waals surface area contributed by atoms with E-state index in [1.54, 1.807) is 0 Å². The fourth-order valence-electron chi connectivity index (χ4n) is 4.77. The van der Waals surface area contributed by atoms with E-state index in [1.165, 1.54) is 16.2 Å². The molecule has 144 valence electrons. The molecule has 0 amide bonds.